The fourth-order valence-electron chi connectivity index (χ4n) is 1.47. The number of carbonyl (C=O) groups is 1. The number of nitrogens with zero attached hydrogens (tertiary/aromatic N) is 1. The van der Waals surface area contributed by atoms with Crippen LogP contribution in [0, 0.1) is 11.3 Å². The molecule has 0 spiro atoms. The van der Waals surface area contributed by atoms with Gasteiger partial charge < -0.3 is 9.47 Å². The van der Waals surface area contributed by atoms with Gasteiger partial charge in [-0.2, -0.15) is 5.26 Å². The van der Waals surface area contributed by atoms with Crippen molar-refractivity contribution >= 4 is 17.6 Å². The zero-order valence-corrected chi connectivity index (χ0v) is 11.0. The maximum atomic E-state index is 12.3. The lowest BCUT2D eigenvalue weighted by atomic mass is 10.1. The molecule has 1 rings (SSSR count). The van der Waals surface area contributed by atoms with E-state index >= 15 is 0 Å². The summed E-state index contributed by atoms with van der Waals surface area (Å²) < 4.78 is 45.5. The summed E-state index contributed by atoms with van der Waals surface area (Å²) in [5.41, 5.74) is -0.570. The summed E-state index contributed by atoms with van der Waals surface area (Å²) in [5.74, 6) is -1.48. The first-order chi connectivity index (χ1) is 9.26. The molecule has 0 unspecified atom stereocenters. The van der Waals surface area contributed by atoms with Gasteiger partial charge in [-0.15, -0.1) is 13.2 Å². The molecule has 0 saturated carbocycles. The molecule has 0 aliphatic heterocycles. The maximum absolute atomic E-state index is 12.3. The van der Waals surface area contributed by atoms with E-state index in [1.54, 1.807) is 13.0 Å². The molecule has 0 heterocycles. The van der Waals surface area contributed by atoms with Gasteiger partial charge >= 0.3 is 12.3 Å². The molecule has 0 atom stereocenters. The summed E-state index contributed by atoms with van der Waals surface area (Å²) in [7, 11) is 0. The average molecular weight is 308 g/mol. The van der Waals surface area contributed by atoms with Gasteiger partial charge in [-0.25, -0.2) is 0 Å². The van der Waals surface area contributed by atoms with Gasteiger partial charge in [0.25, 0.3) is 0 Å². The standard InChI is InChI=1S/C12H9ClF3NO3/c1-2-19-10(18)5-7-3-9(13)4-8(6-17)11(7)20-12(14,15)16/h3-4H,2,5H2,1H3. The Balaban J connectivity index is 3.23. The van der Waals surface area contributed by atoms with Crippen LogP contribution in [-0.4, -0.2) is 18.9 Å². The van der Waals surface area contributed by atoms with Gasteiger partial charge in [0.05, 0.1) is 18.6 Å². The number of benzene rings is 1. The van der Waals surface area contributed by atoms with E-state index in [1.807, 2.05) is 0 Å². The van der Waals surface area contributed by atoms with E-state index < -0.39 is 30.1 Å². The van der Waals surface area contributed by atoms with Crippen molar-refractivity contribution < 1.29 is 27.4 Å². The Labute approximate surface area is 117 Å². The lowest BCUT2D eigenvalue weighted by Gasteiger charge is -2.14. The van der Waals surface area contributed by atoms with Crippen molar-refractivity contribution in [2.75, 3.05) is 6.61 Å². The van der Waals surface area contributed by atoms with Crippen molar-refractivity contribution in [3.63, 3.8) is 0 Å². The molecule has 0 amide bonds. The highest BCUT2D eigenvalue weighted by Gasteiger charge is 2.34. The van der Waals surface area contributed by atoms with Crippen LogP contribution in [0.5, 0.6) is 5.75 Å². The lowest BCUT2D eigenvalue weighted by molar-refractivity contribution is -0.275. The van der Waals surface area contributed by atoms with Crippen molar-refractivity contribution in [3.8, 4) is 11.8 Å². The number of alkyl halides is 3. The Morgan fingerprint density at radius 3 is 2.60 bits per heavy atom. The third-order valence-electron chi connectivity index (χ3n) is 2.11. The molecular formula is C12H9ClF3NO3. The summed E-state index contributed by atoms with van der Waals surface area (Å²) in [4.78, 5) is 11.4. The van der Waals surface area contributed by atoms with Gasteiger partial charge in [-0.3, -0.25) is 4.79 Å². The van der Waals surface area contributed by atoms with Crippen molar-refractivity contribution in [2.24, 2.45) is 0 Å². The van der Waals surface area contributed by atoms with Gasteiger partial charge in [-0.1, -0.05) is 11.6 Å². The average Bonchev–Trinajstić information content (AvgIpc) is 2.31. The number of rotatable bonds is 4. The Morgan fingerprint density at radius 2 is 2.10 bits per heavy atom. The Bertz CT molecular complexity index is 552. The number of carbonyl (C=O) groups excluding carboxylic acids is 1. The fraction of sp³-hybridized carbons (Fsp3) is 0.333. The van der Waals surface area contributed by atoms with E-state index in [4.69, 9.17) is 16.9 Å². The number of nitriles is 1. The summed E-state index contributed by atoms with van der Waals surface area (Å²) in [6, 6.07) is 3.69. The first-order valence-electron chi connectivity index (χ1n) is 5.40. The topological polar surface area (TPSA) is 59.3 Å². The van der Waals surface area contributed by atoms with Gasteiger partial charge in [0, 0.05) is 10.6 Å². The van der Waals surface area contributed by atoms with Crippen LogP contribution in [0.3, 0.4) is 0 Å². The molecule has 1 aromatic carbocycles. The minimum atomic E-state index is -4.98. The van der Waals surface area contributed by atoms with E-state index in [-0.39, 0.29) is 17.2 Å². The second-order valence-electron chi connectivity index (χ2n) is 3.58. The quantitative estimate of drug-likeness (QED) is 0.801. The molecule has 0 saturated heterocycles. The third-order valence-corrected chi connectivity index (χ3v) is 2.33. The minimum absolute atomic E-state index is 0.0235. The van der Waals surface area contributed by atoms with Crippen molar-refractivity contribution in [1.82, 2.24) is 0 Å². The first kappa shape index (κ1) is 16.1. The molecule has 108 valence electrons. The molecular weight excluding hydrogens is 299 g/mol. The predicted octanol–water partition coefficient (Wildman–Crippen LogP) is 3.22. The summed E-state index contributed by atoms with van der Waals surface area (Å²) in [6.45, 7) is 1.64. The molecule has 4 nitrogen and oxygen atoms in total. The Hall–Kier alpha value is -1.94. The molecule has 0 fully saturated rings. The molecule has 1 aromatic rings. The van der Waals surface area contributed by atoms with Crippen molar-refractivity contribution in [1.29, 1.82) is 5.26 Å². The van der Waals surface area contributed by atoms with Crippen LogP contribution in [0.2, 0.25) is 5.02 Å². The van der Waals surface area contributed by atoms with Crippen molar-refractivity contribution in [3.05, 3.63) is 28.3 Å². The van der Waals surface area contributed by atoms with Crippen LogP contribution in [0.25, 0.3) is 0 Å². The molecule has 0 aromatic heterocycles. The number of ether oxygens (including phenoxy) is 2. The van der Waals surface area contributed by atoms with Crippen LogP contribution in [0.15, 0.2) is 12.1 Å². The van der Waals surface area contributed by atoms with Crippen LogP contribution in [-0.2, 0) is 16.0 Å². The number of hydrogen-bond acceptors (Lipinski definition) is 4. The van der Waals surface area contributed by atoms with Crippen LogP contribution in [0.1, 0.15) is 18.1 Å². The third kappa shape index (κ3) is 4.63. The Kier molecular flexibility index (Phi) is 5.22. The predicted molar refractivity (Wildman–Crippen MR) is 63.2 cm³/mol. The molecule has 0 bridgehead atoms. The lowest BCUT2D eigenvalue weighted by Crippen LogP contribution is -2.20. The van der Waals surface area contributed by atoms with E-state index in [9.17, 15) is 18.0 Å². The highest BCUT2D eigenvalue weighted by atomic mass is 35.5. The smallest absolute Gasteiger partial charge is 0.466 e. The van der Waals surface area contributed by atoms with Crippen molar-refractivity contribution in [2.45, 2.75) is 19.7 Å². The van der Waals surface area contributed by atoms with Gasteiger partial charge in [0.1, 0.15) is 6.07 Å². The molecule has 20 heavy (non-hydrogen) atoms. The molecule has 0 aliphatic carbocycles. The van der Waals surface area contributed by atoms with E-state index in [0.717, 1.165) is 12.1 Å². The molecule has 0 aliphatic rings. The molecule has 8 heteroatoms. The normalized spacial score (nSPS) is 10.8. The van der Waals surface area contributed by atoms with E-state index in [2.05, 4.69) is 9.47 Å². The van der Waals surface area contributed by atoms with Crippen LogP contribution >= 0.6 is 11.6 Å². The summed E-state index contributed by atoms with van der Waals surface area (Å²) in [6.07, 6.45) is -5.46. The zero-order valence-electron chi connectivity index (χ0n) is 10.3. The molecule has 0 radical (unpaired) electrons. The zero-order chi connectivity index (χ0) is 15.3. The van der Waals surface area contributed by atoms with E-state index in [0.29, 0.717) is 0 Å². The maximum Gasteiger partial charge on any atom is 0.573 e. The number of hydrogen-bond donors (Lipinski definition) is 0. The SMILES string of the molecule is CCOC(=O)Cc1cc(Cl)cc(C#N)c1OC(F)(F)F. The van der Waals surface area contributed by atoms with Gasteiger partial charge in [0.15, 0.2) is 5.75 Å². The monoisotopic (exact) mass is 307 g/mol. The highest BCUT2D eigenvalue weighted by molar-refractivity contribution is 6.30. The molecule has 0 N–H and O–H groups in total. The van der Waals surface area contributed by atoms with Gasteiger partial charge in [-0.05, 0) is 19.1 Å². The first-order valence-corrected chi connectivity index (χ1v) is 5.78. The summed E-state index contributed by atoms with van der Waals surface area (Å²) >= 11 is 5.69. The number of halogens is 4. The van der Waals surface area contributed by atoms with Crippen LogP contribution in [0.4, 0.5) is 13.2 Å². The number of esters is 1. The van der Waals surface area contributed by atoms with Gasteiger partial charge in [0.2, 0.25) is 0 Å². The second-order valence-corrected chi connectivity index (χ2v) is 4.02. The Morgan fingerprint density at radius 1 is 1.45 bits per heavy atom. The fourth-order valence-corrected chi connectivity index (χ4v) is 1.71. The van der Waals surface area contributed by atoms with Crippen LogP contribution < -0.4 is 4.74 Å². The second kappa shape index (κ2) is 6.48. The minimum Gasteiger partial charge on any atom is -0.466 e. The van der Waals surface area contributed by atoms with E-state index in [1.165, 1.54) is 0 Å². The summed E-state index contributed by atoms with van der Waals surface area (Å²) in [5, 5.41) is 8.85. The highest BCUT2D eigenvalue weighted by Crippen LogP contribution is 2.33. The largest absolute Gasteiger partial charge is 0.573 e.